The first-order valence-corrected chi connectivity index (χ1v) is 7.50. The Morgan fingerprint density at radius 3 is 3.05 bits per heavy atom. The summed E-state index contributed by atoms with van der Waals surface area (Å²) in [5.41, 5.74) is 2.37. The van der Waals surface area contributed by atoms with Crippen molar-refractivity contribution in [3.05, 3.63) is 48.0 Å². The fourth-order valence-corrected chi connectivity index (χ4v) is 2.92. The van der Waals surface area contributed by atoms with E-state index in [9.17, 15) is 0 Å². The van der Waals surface area contributed by atoms with Crippen LogP contribution in [0.2, 0.25) is 0 Å². The highest BCUT2D eigenvalue weighted by Crippen LogP contribution is 2.31. The summed E-state index contributed by atoms with van der Waals surface area (Å²) >= 11 is 0. The Hall–Kier alpha value is -2.01. The van der Waals surface area contributed by atoms with Crippen LogP contribution in [0, 0.1) is 0 Å². The highest BCUT2D eigenvalue weighted by molar-refractivity contribution is 5.25. The molecule has 1 atom stereocenters. The summed E-state index contributed by atoms with van der Waals surface area (Å²) < 4.78 is 0. The van der Waals surface area contributed by atoms with Crippen molar-refractivity contribution in [2.75, 3.05) is 18.9 Å². The third-order valence-electron chi connectivity index (χ3n) is 3.96. The minimum Gasteiger partial charge on any atom is -0.357 e. The van der Waals surface area contributed by atoms with E-state index in [-0.39, 0.29) is 0 Å². The third kappa shape index (κ3) is 3.36. The van der Waals surface area contributed by atoms with Crippen LogP contribution in [0.4, 0.5) is 5.95 Å². The molecular formula is C16H21N5. The van der Waals surface area contributed by atoms with E-state index in [1.165, 1.54) is 18.4 Å². The molecule has 3 heterocycles. The molecule has 1 saturated heterocycles. The van der Waals surface area contributed by atoms with Gasteiger partial charge in [-0.1, -0.05) is 12.5 Å². The van der Waals surface area contributed by atoms with Crippen LogP contribution in [-0.4, -0.2) is 33.4 Å². The Morgan fingerprint density at radius 2 is 2.24 bits per heavy atom. The number of anilines is 1. The molecule has 110 valence electrons. The van der Waals surface area contributed by atoms with Crippen LogP contribution < -0.4 is 5.32 Å². The fourth-order valence-electron chi connectivity index (χ4n) is 2.92. The van der Waals surface area contributed by atoms with E-state index in [0.717, 1.165) is 25.2 Å². The second kappa shape index (κ2) is 6.63. The van der Waals surface area contributed by atoms with Crippen molar-refractivity contribution in [3.8, 4) is 0 Å². The molecule has 0 radical (unpaired) electrons. The lowest BCUT2D eigenvalue weighted by molar-refractivity contribution is 0.137. The lowest BCUT2D eigenvalue weighted by atomic mass is 9.98. The second-order valence-electron chi connectivity index (χ2n) is 5.40. The van der Waals surface area contributed by atoms with E-state index in [1.54, 1.807) is 0 Å². The van der Waals surface area contributed by atoms with E-state index in [1.807, 2.05) is 37.8 Å². The number of nitrogens with one attached hydrogen (secondary N) is 1. The first kappa shape index (κ1) is 13.9. The van der Waals surface area contributed by atoms with Crippen molar-refractivity contribution in [1.29, 1.82) is 0 Å². The van der Waals surface area contributed by atoms with E-state index >= 15 is 0 Å². The molecule has 0 saturated carbocycles. The summed E-state index contributed by atoms with van der Waals surface area (Å²) in [6.07, 6.45) is 9.27. The van der Waals surface area contributed by atoms with Gasteiger partial charge in [-0.3, -0.25) is 9.88 Å². The maximum atomic E-state index is 4.63. The second-order valence-corrected chi connectivity index (χ2v) is 5.40. The SMILES string of the molecule is CNc1nccc([C@@H]2CCCCN2Cc2cccnc2)n1. The Bertz CT molecular complexity index is 572. The van der Waals surface area contributed by atoms with Gasteiger partial charge in [-0.25, -0.2) is 9.97 Å². The van der Waals surface area contributed by atoms with Gasteiger partial charge in [0.15, 0.2) is 0 Å². The highest BCUT2D eigenvalue weighted by Gasteiger charge is 2.25. The number of hydrogen-bond donors (Lipinski definition) is 1. The number of likely N-dealkylation sites (tertiary alicyclic amines) is 1. The lowest BCUT2D eigenvalue weighted by Gasteiger charge is -2.35. The summed E-state index contributed by atoms with van der Waals surface area (Å²) in [7, 11) is 1.85. The molecule has 0 aliphatic carbocycles. The van der Waals surface area contributed by atoms with E-state index < -0.39 is 0 Å². The summed E-state index contributed by atoms with van der Waals surface area (Å²) in [5.74, 6) is 0.694. The molecule has 3 rings (SSSR count). The van der Waals surface area contributed by atoms with Crippen molar-refractivity contribution in [2.45, 2.75) is 31.8 Å². The highest BCUT2D eigenvalue weighted by atomic mass is 15.2. The molecule has 5 nitrogen and oxygen atoms in total. The van der Waals surface area contributed by atoms with Crippen LogP contribution in [0.25, 0.3) is 0 Å². The topological polar surface area (TPSA) is 53.9 Å². The minimum atomic E-state index is 0.369. The number of pyridine rings is 1. The van der Waals surface area contributed by atoms with Crippen LogP contribution in [-0.2, 0) is 6.54 Å². The fraction of sp³-hybridized carbons (Fsp3) is 0.438. The zero-order valence-corrected chi connectivity index (χ0v) is 12.4. The van der Waals surface area contributed by atoms with E-state index in [0.29, 0.717) is 12.0 Å². The van der Waals surface area contributed by atoms with Crippen molar-refractivity contribution in [1.82, 2.24) is 19.9 Å². The van der Waals surface area contributed by atoms with Crippen molar-refractivity contribution in [2.24, 2.45) is 0 Å². The van der Waals surface area contributed by atoms with Crippen molar-refractivity contribution in [3.63, 3.8) is 0 Å². The Kier molecular flexibility index (Phi) is 4.40. The van der Waals surface area contributed by atoms with Crippen LogP contribution in [0.5, 0.6) is 0 Å². The summed E-state index contributed by atoms with van der Waals surface area (Å²) in [4.78, 5) is 15.6. The quantitative estimate of drug-likeness (QED) is 0.935. The molecule has 2 aromatic rings. The molecule has 2 aromatic heterocycles. The van der Waals surface area contributed by atoms with Crippen LogP contribution in [0.15, 0.2) is 36.8 Å². The van der Waals surface area contributed by atoms with Gasteiger partial charge in [0.05, 0.1) is 11.7 Å². The largest absolute Gasteiger partial charge is 0.357 e. The monoisotopic (exact) mass is 283 g/mol. The van der Waals surface area contributed by atoms with Gasteiger partial charge in [0.1, 0.15) is 0 Å². The Labute approximate surface area is 125 Å². The predicted molar refractivity (Wildman–Crippen MR) is 82.8 cm³/mol. The molecule has 5 heteroatoms. The number of nitrogens with zero attached hydrogens (tertiary/aromatic N) is 4. The zero-order chi connectivity index (χ0) is 14.5. The smallest absolute Gasteiger partial charge is 0.222 e. The lowest BCUT2D eigenvalue weighted by Crippen LogP contribution is -2.33. The Morgan fingerprint density at radius 1 is 1.29 bits per heavy atom. The molecule has 0 bridgehead atoms. The third-order valence-corrected chi connectivity index (χ3v) is 3.96. The summed E-state index contributed by atoms with van der Waals surface area (Å²) in [6, 6.07) is 6.54. The van der Waals surface area contributed by atoms with Crippen LogP contribution in [0.1, 0.15) is 36.6 Å². The molecule has 1 aliphatic heterocycles. The van der Waals surface area contributed by atoms with E-state index in [2.05, 4.69) is 31.2 Å². The average molecular weight is 283 g/mol. The molecule has 0 aromatic carbocycles. The normalized spacial score (nSPS) is 19.4. The molecule has 1 aliphatic rings. The van der Waals surface area contributed by atoms with Gasteiger partial charge < -0.3 is 5.32 Å². The molecular weight excluding hydrogens is 262 g/mol. The number of piperidine rings is 1. The van der Waals surface area contributed by atoms with Gasteiger partial charge >= 0.3 is 0 Å². The first-order valence-electron chi connectivity index (χ1n) is 7.50. The van der Waals surface area contributed by atoms with Gasteiger partial charge in [0.25, 0.3) is 0 Å². The van der Waals surface area contributed by atoms with Gasteiger partial charge in [-0.15, -0.1) is 0 Å². The minimum absolute atomic E-state index is 0.369. The van der Waals surface area contributed by atoms with Gasteiger partial charge in [0.2, 0.25) is 5.95 Å². The standard InChI is InChI=1S/C16H21N5/c1-17-16-19-9-7-14(20-16)15-6-2-3-10-21(15)12-13-5-4-8-18-11-13/h4-5,7-9,11,15H,2-3,6,10,12H2,1H3,(H,17,19,20)/t15-/m0/s1. The van der Waals surface area contributed by atoms with Crippen molar-refractivity contribution >= 4 is 5.95 Å². The number of hydrogen-bond acceptors (Lipinski definition) is 5. The number of rotatable bonds is 4. The summed E-state index contributed by atoms with van der Waals surface area (Å²) in [5, 5.41) is 3.02. The average Bonchev–Trinajstić information content (AvgIpc) is 2.56. The van der Waals surface area contributed by atoms with Crippen molar-refractivity contribution < 1.29 is 0 Å². The first-order chi connectivity index (χ1) is 10.4. The molecule has 0 unspecified atom stereocenters. The Balaban J connectivity index is 1.80. The molecule has 1 fully saturated rings. The molecule has 0 amide bonds. The maximum Gasteiger partial charge on any atom is 0.222 e. The number of aromatic nitrogens is 3. The molecule has 0 spiro atoms. The van der Waals surface area contributed by atoms with E-state index in [4.69, 9.17) is 0 Å². The van der Waals surface area contributed by atoms with Gasteiger partial charge in [-0.2, -0.15) is 0 Å². The molecule has 1 N–H and O–H groups in total. The van der Waals surface area contributed by atoms with Gasteiger partial charge in [0, 0.05) is 32.2 Å². The zero-order valence-electron chi connectivity index (χ0n) is 12.4. The van der Waals surface area contributed by atoms with Gasteiger partial charge in [-0.05, 0) is 37.1 Å². The molecule has 21 heavy (non-hydrogen) atoms. The van der Waals surface area contributed by atoms with Crippen LogP contribution >= 0.6 is 0 Å². The van der Waals surface area contributed by atoms with Crippen LogP contribution in [0.3, 0.4) is 0 Å². The summed E-state index contributed by atoms with van der Waals surface area (Å²) in [6.45, 7) is 2.04. The predicted octanol–water partition coefficient (Wildman–Crippen LogP) is 2.64. The maximum absolute atomic E-state index is 4.63.